The monoisotopic (exact) mass is 523 g/mol. The smallest absolute Gasteiger partial charge is 0.213 e. The summed E-state index contributed by atoms with van der Waals surface area (Å²) in [4.78, 5) is 16.1. The number of hydrogen-bond acceptors (Lipinski definition) is 3. The van der Waals surface area contributed by atoms with E-state index in [0.29, 0.717) is 0 Å². The first-order chi connectivity index (χ1) is 18.7. The maximum atomic E-state index is 11.9. The van der Waals surface area contributed by atoms with Gasteiger partial charge in [-0.1, -0.05) is 82.3 Å². The van der Waals surface area contributed by atoms with Crippen molar-refractivity contribution in [3.05, 3.63) is 107 Å². The molecule has 0 unspecified atom stereocenters. The summed E-state index contributed by atoms with van der Waals surface area (Å²) in [6.07, 6.45) is 12.8. The number of allylic oxidation sites excluding steroid dienone is 7. The molecule has 1 N–H and O–H groups in total. The number of para-hydroxylation sites is 2. The molecule has 0 saturated heterocycles. The van der Waals surface area contributed by atoms with E-state index in [1.54, 1.807) is 4.90 Å². The second-order valence-corrected chi connectivity index (χ2v) is 11.8. The number of nitrogens with zero attached hydrogens (tertiary/aromatic N) is 2. The van der Waals surface area contributed by atoms with E-state index in [0.717, 1.165) is 44.5 Å². The molecule has 2 aromatic carbocycles. The average Bonchev–Trinajstić information content (AvgIpc) is 3.42. The predicted molar refractivity (Wildman–Crippen MR) is 166 cm³/mol. The quantitative estimate of drug-likeness (QED) is 0.320. The summed E-state index contributed by atoms with van der Waals surface area (Å²) in [6, 6.07) is 17.3. The summed E-state index contributed by atoms with van der Waals surface area (Å²) in [7, 11) is 1.87. The number of likely N-dealkylation sites (N-methyl/N-ethyl adjacent to an activating group) is 2. The lowest BCUT2D eigenvalue weighted by Gasteiger charge is -2.27. The zero-order valence-electron chi connectivity index (χ0n) is 24.8. The molecule has 1 aliphatic heterocycles. The van der Waals surface area contributed by atoms with Gasteiger partial charge in [0.05, 0.1) is 0 Å². The van der Waals surface area contributed by atoms with Crippen LogP contribution >= 0.6 is 0 Å². The minimum absolute atomic E-state index is 0.0130. The maximum Gasteiger partial charge on any atom is 0.213 e. The first-order valence-electron chi connectivity index (χ1n) is 14.4. The van der Waals surface area contributed by atoms with Gasteiger partial charge in [0.2, 0.25) is 6.41 Å². The second-order valence-electron chi connectivity index (χ2n) is 11.8. The van der Waals surface area contributed by atoms with Crippen molar-refractivity contribution >= 4 is 17.8 Å². The Balaban J connectivity index is 1.63. The maximum absolute atomic E-state index is 11.9. The molecule has 4 nitrogen and oxygen atoms in total. The molecule has 4 rings (SSSR count). The van der Waals surface area contributed by atoms with E-state index in [2.05, 4.69) is 125 Å². The van der Waals surface area contributed by atoms with Crippen LogP contribution < -0.4 is 10.2 Å². The first kappa shape index (κ1) is 28.5. The Morgan fingerprint density at radius 1 is 1.03 bits per heavy atom. The number of anilines is 2. The molecule has 0 bridgehead atoms. The number of fused-ring (bicyclic) bond motifs is 1. The van der Waals surface area contributed by atoms with Gasteiger partial charge < -0.3 is 15.1 Å². The van der Waals surface area contributed by atoms with Crippen molar-refractivity contribution in [3.8, 4) is 0 Å². The van der Waals surface area contributed by atoms with Crippen molar-refractivity contribution in [2.75, 3.05) is 30.4 Å². The summed E-state index contributed by atoms with van der Waals surface area (Å²) in [5.74, 6) is 0. The fraction of sp³-hybridized carbons (Fsp3) is 0.400. The van der Waals surface area contributed by atoms with Gasteiger partial charge in [-0.15, -0.1) is 0 Å². The van der Waals surface area contributed by atoms with Crippen LogP contribution in [0.4, 0.5) is 11.4 Å². The van der Waals surface area contributed by atoms with E-state index in [-0.39, 0.29) is 10.8 Å². The van der Waals surface area contributed by atoms with Gasteiger partial charge in [-0.2, -0.15) is 0 Å². The topological polar surface area (TPSA) is 35.6 Å². The van der Waals surface area contributed by atoms with Crippen LogP contribution in [0.2, 0.25) is 0 Å². The first-order valence-corrected chi connectivity index (χ1v) is 14.4. The van der Waals surface area contributed by atoms with Gasteiger partial charge in [0, 0.05) is 48.3 Å². The minimum Gasteiger partial charge on any atom is -0.385 e. The van der Waals surface area contributed by atoms with Gasteiger partial charge in [0.1, 0.15) is 0 Å². The molecule has 0 aromatic heterocycles. The molecule has 0 spiro atoms. The third-order valence-electron chi connectivity index (χ3n) is 8.31. The standard InChI is InChI=1S/C35H45N3O/c1-8-36-30-18-12-10-16-28(30)34(3,4)24-14-15-26-20-21-27(33(26)37(7)25-39)22-23-32-35(5,6)29-17-11-13-19-31(29)38(32)9-2/h10-19,22-23,25,36H,8-9,20-21,24H2,1-7H3/b15-14+,27-22+,32-23+. The van der Waals surface area contributed by atoms with Crippen LogP contribution in [0.15, 0.2) is 95.4 Å². The fourth-order valence-electron chi connectivity index (χ4n) is 6.23. The van der Waals surface area contributed by atoms with Gasteiger partial charge in [-0.3, -0.25) is 4.79 Å². The van der Waals surface area contributed by atoms with E-state index in [1.165, 1.54) is 39.3 Å². The van der Waals surface area contributed by atoms with Crippen molar-refractivity contribution in [3.63, 3.8) is 0 Å². The fourth-order valence-corrected chi connectivity index (χ4v) is 6.23. The van der Waals surface area contributed by atoms with E-state index in [9.17, 15) is 4.79 Å². The molecule has 0 fully saturated rings. The highest BCUT2D eigenvalue weighted by Gasteiger charge is 2.39. The summed E-state index contributed by atoms with van der Waals surface area (Å²) < 4.78 is 0. The van der Waals surface area contributed by atoms with E-state index >= 15 is 0 Å². The van der Waals surface area contributed by atoms with Crippen molar-refractivity contribution in [1.29, 1.82) is 0 Å². The number of hydrogen-bond donors (Lipinski definition) is 1. The third kappa shape index (κ3) is 5.61. The number of carbonyl (C=O) groups is 1. The zero-order chi connectivity index (χ0) is 28.2. The molecule has 1 amide bonds. The van der Waals surface area contributed by atoms with Crippen molar-refractivity contribution < 1.29 is 4.79 Å². The molecule has 2 aromatic rings. The highest BCUT2D eigenvalue weighted by atomic mass is 16.1. The van der Waals surface area contributed by atoms with Crippen molar-refractivity contribution in [2.45, 2.75) is 71.6 Å². The molecule has 1 aliphatic carbocycles. The van der Waals surface area contributed by atoms with Gasteiger partial charge in [-0.05, 0) is 79.0 Å². The molecule has 39 heavy (non-hydrogen) atoms. The van der Waals surface area contributed by atoms with Crippen LogP contribution in [-0.4, -0.2) is 31.4 Å². The van der Waals surface area contributed by atoms with Crippen LogP contribution in [0.25, 0.3) is 0 Å². The summed E-state index contributed by atoms with van der Waals surface area (Å²) in [5.41, 5.74) is 9.90. The zero-order valence-corrected chi connectivity index (χ0v) is 24.8. The Labute approximate surface area is 235 Å². The Kier molecular flexibility index (Phi) is 8.54. The Morgan fingerprint density at radius 2 is 1.74 bits per heavy atom. The number of rotatable bonds is 10. The van der Waals surface area contributed by atoms with Crippen LogP contribution in [-0.2, 0) is 15.6 Å². The van der Waals surface area contributed by atoms with Crippen molar-refractivity contribution in [1.82, 2.24) is 4.90 Å². The summed E-state index contributed by atoms with van der Waals surface area (Å²) in [5, 5.41) is 3.51. The van der Waals surface area contributed by atoms with Gasteiger partial charge in [0.25, 0.3) is 0 Å². The van der Waals surface area contributed by atoms with Gasteiger partial charge in [-0.25, -0.2) is 0 Å². The van der Waals surface area contributed by atoms with Crippen LogP contribution in [0.1, 0.15) is 71.9 Å². The second kappa shape index (κ2) is 11.7. The van der Waals surface area contributed by atoms with E-state index in [4.69, 9.17) is 0 Å². The molecule has 2 aliphatic rings. The largest absolute Gasteiger partial charge is 0.385 e. The third-order valence-corrected chi connectivity index (χ3v) is 8.31. The van der Waals surface area contributed by atoms with E-state index < -0.39 is 0 Å². The molecular formula is C35H45N3O. The summed E-state index contributed by atoms with van der Waals surface area (Å²) >= 11 is 0. The molecule has 0 atom stereocenters. The van der Waals surface area contributed by atoms with Gasteiger partial charge in [0.15, 0.2) is 0 Å². The van der Waals surface area contributed by atoms with Crippen LogP contribution in [0.3, 0.4) is 0 Å². The normalized spacial score (nSPS) is 18.9. The molecule has 206 valence electrons. The van der Waals surface area contributed by atoms with Crippen LogP contribution in [0.5, 0.6) is 0 Å². The lowest BCUT2D eigenvalue weighted by atomic mass is 9.80. The van der Waals surface area contributed by atoms with E-state index in [1.807, 2.05) is 7.05 Å². The average molecular weight is 524 g/mol. The molecule has 0 saturated carbocycles. The molecule has 4 heteroatoms. The minimum atomic E-state index is -0.0695. The molecular weight excluding hydrogens is 478 g/mol. The Hall–Kier alpha value is -3.53. The van der Waals surface area contributed by atoms with Crippen molar-refractivity contribution in [2.24, 2.45) is 0 Å². The molecule has 0 radical (unpaired) electrons. The highest BCUT2D eigenvalue weighted by Crippen LogP contribution is 2.47. The Morgan fingerprint density at radius 3 is 2.46 bits per heavy atom. The number of nitrogens with one attached hydrogen (secondary N) is 1. The highest BCUT2D eigenvalue weighted by molar-refractivity contribution is 5.71. The number of benzene rings is 2. The lowest BCUT2D eigenvalue weighted by molar-refractivity contribution is -0.115. The Bertz CT molecular complexity index is 1320. The SMILES string of the molecule is CCNc1ccccc1C(C)(C)C/C=C/C1=C(N(C)C=O)C(=C/C=C2/N(CC)c3ccccc3C2(C)C)/CC1. The number of carbonyl (C=O) groups excluding carboxylic acids is 1. The lowest BCUT2D eigenvalue weighted by Crippen LogP contribution is -2.25. The summed E-state index contributed by atoms with van der Waals surface area (Å²) in [6.45, 7) is 15.4. The number of amides is 1. The van der Waals surface area contributed by atoms with Gasteiger partial charge >= 0.3 is 0 Å². The predicted octanol–water partition coefficient (Wildman–Crippen LogP) is 8.11. The van der Waals surface area contributed by atoms with Crippen LogP contribution in [0, 0.1) is 0 Å². The molecule has 1 heterocycles.